The summed E-state index contributed by atoms with van der Waals surface area (Å²) in [5.41, 5.74) is 8.48. The van der Waals surface area contributed by atoms with E-state index in [9.17, 15) is 8.78 Å². The van der Waals surface area contributed by atoms with Crippen LogP contribution in [0.15, 0.2) is 48.9 Å². The van der Waals surface area contributed by atoms with Crippen molar-refractivity contribution < 1.29 is 8.78 Å². The molecule has 2 aromatic heterocycles. The van der Waals surface area contributed by atoms with Gasteiger partial charge in [-0.2, -0.15) is 0 Å². The highest BCUT2D eigenvalue weighted by atomic mass is 19.1. The summed E-state index contributed by atoms with van der Waals surface area (Å²) in [7, 11) is 0. The summed E-state index contributed by atoms with van der Waals surface area (Å²) in [5, 5.41) is 3.34. The Hall–Kier alpha value is -3.13. The van der Waals surface area contributed by atoms with Crippen LogP contribution < -0.4 is 16.0 Å². The number of pyridine rings is 1. The van der Waals surface area contributed by atoms with E-state index in [1.165, 1.54) is 24.4 Å². The summed E-state index contributed by atoms with van der Waals surface area (Å²) in [6.45, 7) is 4.27. The highest BCUT2D eigenvalue weighted by Gasteiger charge is 2.24. The van der Waals surface area contributed by atoms with Crippen LogP contribution in [-0.4, -0.2) is 34.1 Å². The van der Waals surface area contributed by atoms with E-state index in [4.69, 9.17) is 5.73 Å². The Bertz CT molecular complexity index is 998. The number of aromatic nitrogens is 3. The Balaban J connectivity index is 1.54. The van der Waals surface area contributed by atoms with Crippen molar-refractivity contribution in [2.75, 3.05) is 23.3 Å². The molecule has 4 rings (SSSR count). The molecule has 3 heterocycles. The zero-order chi connectivity index (χ0) is 21.1. The second kappa shape index (κ2) is 8.71. The molecule has 2 unspecified atom stereocenters. The first kappa shape index (κ1) is 20.2. The second-order valence-electron chi connectivity index (χ2n) is 7.72. The Morgan fingerprint density at radius 3 is 2.70 bits per heavy atom. The molecule has 1 aromatic carbocycles. The van der Waals surface area contributed by atoms with Crippen LogP contribution in [0.5, 0.6) is 0 Å². The molecular formula is C22H24F2N6. The first-order chi connectivity index (χ1) is 14.5. The molecule has 1 saturated heterocycles. The van der Waals surface area contributed by atoms with E-state index in [0.29, 0.717) is 18.2 Å². The van der Waals surface area contributed by atoms with E-state index in [0.717, 1.165) is 30.9 Å². The largest absolute Gasteiger partial charge is 0.376 e. The molecule has 8 heteroatoms. The molecule has 1 aliphatic heterocycles. The van der Waals surface area contributed by atoms with Gasteiger partial charge < -0.3 is 16.0 Å². The third-order valence-electron chi connectivity index (χ3n) is 5.19. The number of hydrogen-bond donors (Lipinski definition) is 2. The molecule has 6 nitrogen and oxygen atoms in total. The van der Waals surface area contributed by atoms with Gasteiger partial charge in [0.15, 0.2) is 5.82 Å². The van der Waals surface area contributed by atoms with E-state index >= 15 is 0 Å². The molecule has 1 fully saturated rings. The number of hydrogen-bond acceptors (Lipinski definition) is 6. The molecular weight excluding hydrogens is 386 g/mol. The molecule has 0 radical (unpaired) electrons. The molecule has 1 aliphatic rings. The number of nitrogens with one attached hydrogen (secondary N) is 1. The predicted octanol–water partition coefficient (Wildman–Crippen LogP) is 3.60. The van der Waals surface area contributed by atoms with Gasteiger partial charge in [-0.1, -0.05) is 13.0 Å². The van der Waals surface area contributed by atoms with Crippen molar-refractivity contribution in [1.82, 2.24) is 15.0 Å². The summed E-state index contributed by atoms with van der Waals surface area (Å²) < 4.78 is 28.2. The first-order valence-electron chi connectivity index (χ1n) is 9.96. The van der Waals surface area contributed by atoms with Crippen LogP contribution in [0.1, 0.15) is 19.0 Å². The fourth-order valence-corrected chi connectivity index (χ4v) is 3.91. The molecule has 0 aliphatic carbocycles. The van der Waals surface area contributed by atoms with Crippen LogP contribution in [0, 0.1) is 17.6 Å². The lowest BCUT2D eigenvalue weighted by Crippen LogP contribution is -2.46. The van der Waals surface area contributed by atoms with Gasteiger partial charge in [-0.15, -0.1) is 0 Å². The fraction of sp³-hybridized carbons (Fsp3) is 0.318. The van der Waals surface area contributed by atoms with Crippen LogP contribution in [0.25, 0.3) is 11.4 Å². The van der Waals surface area contributed by atoms with Crippen LogP contribution in [-0.2, 0) is 6.54 Å². The minimum atomic E-state index is -0.690. The van der Waals surface area contributed by atoms with Gasteiger partial charge in [0.2, 0.25) is 0 Å². The maximum absolute atomic E-state index is 14.1. The third-order valence-corrected chi connectivity index (χ3v) is 5.19. The summed E-state index contributed by atoms with van der Waals surface area (Å²) in [4.78, 5) is 14.9. The number of piperidine rings is 1. The monoisotopic (exact) mass is 410 g/mol. The van der Waals surface area contributed by atoms with Gasteiger partial charge in [0.1, 0.15) is 11.6 Å². The van der Waals surface area contributed by atoms with Crippen molar-refractivity contribution in [3.63, 3.8) is 0 Å². The van der Waals surface area contributed by atoms with E-state index in [1.54, 1.807) is 18.5 Å². The SMILES string of the molecule is CC1CC(N)CN(c2ccncc2NCc2ccnc(-c3c(F)cccc3F)n2)C1. The summed E-state index contributed by atoms with van der Waals surface area (Å²) in [5.74, 6) is -0.850. The Kier molecular flexibility index (Phi) is 5.85. The number of nitrogens with zero attached hydrogens (tertiary/aromatic N) is 4. The molecule has 156 valence electrons. The Labute approximate surface area is 174 Å². The van der Waals surface area contributed by atoms with Crippen molar-refractivity contribution in [2.45, 2.75) is 25.9 Å². The quantitative estimate of drug-likeness (QED) is 0.669. The molecule has 0 saturated carbocycles. The highest BCUT2D eigenvalue weighted by molar-refractivity contribution is 5.69. The van der Waals surface area contributed by atoms with Crippen molar-refractivity contribution in [3.8, 4) is 11.4 Å². The molecule has 0 amide bonds. The van der Waals surface area contributed by atoms with E-state index in [1.807, 2.05) is 6.07 Å². The Morgan fingerprint density at radius 2 is 1.93 bits per heavy atom. The Morgan fingerprint density at radius 1 is 1.13 bits per heavy atom. The minimum Gasteiger partial charge on any atom is -0.376 e. The van der Waals surface area contributed by atoms with Crippen molar-refractivity contribution in [3.05, 3.63) is 66.3 Å². The fourth-order valence-electron chi connectivity index (χ4n) is 3.91. The molecule has 3 N–H and O–H groups in total. The topological polar surface area (TPSA) is 80.0 Å². The highest BCUT2D eigenvalue weighted by Crippen LogP contribution is 2.29. The number of halogens is 2. The third kappa shape index (κ3) is 4.38. The predicted molar refractivity (Wildman–Crippen MR) is 113 cm³/mol. The van der Waals surface area contributed by atoms with Gasteiger partial charge in [0, 0.05) is 31.5 Å². The van der Waals surface area contributed by atoms with Gasteiger partial charge in [-0.05, 0) is 36.6 Å². The van der Waals surface area contributed by atoms with Crippen LogP contribution in [0.4, 0.5) is 20.2 Å². The first-order valence-corrected chi connectivity index (χ1v) is 9.96. The van der Waals surface area contributed by atoms with Crippen LogP contribution >= 0.6 is 0 Å². The van der Waals surface area contributed by atoms with Gasteiger partial charge in [0.25, 0.3) is 0 Å². The van der Waals surface area contributed by atoms with E-state index in [2.05, 4.69) is 32.1 Å². The number of rotatable bonds is 5. The van der Waals surface area contributed by atoms with E-state index < -0.39 is 11.6 Å². The van der Waals surface area contributed by atoms with Crippen LogP contribution in [0.3, 0.4) is 0 Å². The molecule has 0 bridgehead atoms. The molecule has 2 atom stereocenters. The molecule has 0 spiro atoms. The standard InChI is InChI=1S/C22H24F2N6/c1-14-9-15(25)13-30(12-14)20-6-7-26-11-19(20)28-10-16-5-8-27-22(29-16)21-17(23)3-2-4-18(21)24/h2-8,11,14-15,28H,9-10,12-13,25H2,1H3. The van der Waals surface area contributed by atoms with Crippen molar-refractivity contribution in [2.24, 2.45) is 11.7 Å². The van der Waals surface area contributed by atoms with Crippen molar-refractivity contribution in [1.29, 1.82) is 0 Å². The lowest BCUT2D eigenvalue weighted by Gasteiger charge is -2.37. The summed E-state index contributed by atoms with van der Waals surface area (Å²) >= 11 is 0. The van der Waals surface area contributed by atoms with E-state index in [-0.39, 0.29) is 17.4 Å². The molecule has 30 heavy (non-hydrogen) atoms. The smallest absolute Gasteiger partial charge is 0.165 e. The summed E-state index contributed by atoms with van der Waals surface area (Å²) in [6.07, 6.45) is 6.04. The number of nitrogens with two attached hydrogens (primary N) is 1. The van der Waals surface area contributed by atoms with Gasteiger partial charge in [0.05, 0.1) is 35.4 Å². The number of anilines is 2. The average molecular weight is 410 g/mol. The average Bonchev–Trinajstić information content (AvgIpc) is 2.72. The lowest BCUT2D eigenvalue weighted by atomic mass is 9.96. The second-order valence-corrected chi connectivity index (χ2v) is 7.72. The van der Waals surface area contributed by atoms with Gasteiger partial charge >= 0.3 is 0 Å². The van der Waals surface area contributed by atoms with Crippen LogP contribution in [0.2, 0.25) is 0 Å². The van der Waals surface area contributed by atoms with Crippen molar-refractivity contribution >= 4 is 11.4 Å². The zero-order valence-corrected chi connectivity index (χ0v) is 16.7. The minimum absolute atomic E-state index is 0.0205. The van der Waals surface area contributed by atoms with Gasteiger partial charge in [-0.25, -0.2) is 18.7 Å². The summed E-state index contributed by atoms with van der Waals surface area (Å²) in [6, 6.07) is 7.52. The molecule has 3 aromatic rings. The maximum atomic E-state index is 14.1. The maximum Gasteiger partial charge on any atom is 0.165 e. The van der Waals surface area contributed by atoms with Gasteiger partial charge in [-0.3, -0.25) is 4.98 Å². The lowest BCUT2D eigenvalue weighted by molar-refractivity contribution is 0.402. The zero-order valence-electron chi connectivity index (χ0n) is 16.7. The normalized spacial score (nSPS) is 19.0. The number of benzene rings is 1.